The van der Waals surface area contributed by atoms with Crippen LogP contribution in [0.3, 0.4) is 0 Å². The minimum Gasteiger partial charge on any atom is -0.493 e. The van der Waals surface area contributed by atoms with E-state index in [2.05, 4.69) is 101 Å². The molecule has 586 valence electrons. The number of rotatable bonds is 15. The Morgan fingerprint density at radius 3 is 2.05 bits per heavy atom. The van der Waals surface area contributed by atoms with Gasteiger partial charge in [-0.15, -0.1) is 6.58 Å². The Hall–Kier alpha value is -13.1. The van der Waals surface area contributed by atoms with Crippen LogP contribution in [0.2, 0.25) is 20.1 Å². The SMILES string of the molecule is C=CCn1nc(-c2ccc(OC)c(OC)c2)c2cccc(C)c21.COc1cc(C2CC(=O)c3ccccc3O2)ccc1[N+](=O)[O-].Cc1cncc(-c2nc(NCCc3c[nH]c4ccccc34)c3ncn(C(C)C)c3n2)c1.Clc1cc2c(cc1Cl)Oc1cc(Cl)c(Cl)cc1O2.O=c1cc(-c2ccccc2)oc2c1ccc1ccccc12.[2H]C([2H])[3H]. The maximum atomic E-state index is 12.4. The van der Waals surface area contributed by atoms with Crippen molar-refractivity contribution in [2.24, 2.45) is 0 Å². The van der Waals surface area contributed by atoms with Gasteiger partial charge in [-0.2, -0.15) is 5.10 Å². The summed E-state index contributed by atoms with van der Waals surface area (Å²) in [5.74, 6) is 6.01. The number of para-hydroxylation sites is 3. The number of imidazole rings is 1. The number of pyridine rings is 1. The molecule has 0 saturated heterocycles. The van der Waals surface area contributed by atoms with E-state index in [1.54, 1.807) is 87.1 Å². The van der Waals surface area contributed by atoms with Gasteiger partial charge in [-0.05, 0) is 122 Å². The smallest absolute Gasteiger partial charge is 0.310 e. The molecule has 16 aromatic rings. The van der Waals surface area contributed by atoms with Crippen LogP contribution in [0.5, 0.6) is 46.0 Å². The normalized spacial score (nSPS) is 12.6. The number of carbonyl (C=O) groups excluding carboxylic acids is 1. The first-order valence-corrected chi connectivity index (χ1v) is 38.0. The number of carbonyl (C=O) groups is 1. The van der Waals surface area contributed by atoms with Crippen molar-refractivity contribution in [2.75, 3.05) is 33.2 Å². The maximum absolute atomic E-state index is 12.4. The van der Waals surface area contributed by atoms with Gasteiger partial charge in [-0.1, -0.05) is 169 Å². The molecule has 2 aliphatic heterocycles. The lowest BCUT2D eigenvalue weighted by Crippen LogP contribution is -2.20. The molecule has 6 aromatic heterocycles. The van der Waals surface area contributed by atoms with Crippen molar-refractivity contribution in [3.05, 3.63) is 312 Å². The highest BCUT2D eigenvalue weighted by molar-refractivity contribution is 6.43. The molecule has 10 aromatic carbocycles. The molecule has 0 bridgehead atoms. The van der Waals surface area contributed by atoms with Crippen molar-refractivity contribution >= 4 is 118 Å². The van der Waals surface area contributed by atoms with Gasteiger partial charge in [0.1, 0.15) is 34.4 Å². The van der Waals surface area contributed by atoms with Crippen LogP contribution in [0.4, 0.5) is 11.5 Å². The third kappa shape index (κ3) is 17.5. The summed E-state index contributed by atoms with van der Waals surface area (Å²) in [7, 11) is 3.23. The molecule has 1 atom stereocenters. The van der Waals surface area contributed by atoms with Gasteiger partial charge in [0.2, 0.25) is 0 Å². The van der Waals surface area contributed by atoms with Crippen LogP contribution in [0.1, 0.15) is 76.5 Å². The summed E-state index contributed by atoms with van der Waals surface area (Å²) in [4.78, 5) is 56.9. The van der Waals surface area contributed by atoms with Crippen molar-refractivity contribution in [3.8, 4) is 80.0 Å². The van der Waals surface area contributed by atoms with E-state index >= 15 is 0 Å². The van der Waals surface area contributed by atoms with E-state index in [0.717, 1.165) is 85.1 Å². The van der Waals surface area contributed by atoms with Crippen molar-refractivity contribution < 1.29 is 46.7 Å². The number of aryl methyl sites for hydroxylation is 2. The van der Waals surface area contributed by atoms with E-state index in [0.29, 0.717) is 101 Å². The first kappa shape index (κ1) is 76.9. The zero-order valence-electron chi connectivity index (χ0n) is 66.9. The van der Waals surface area contributed by atoms with Crippen molar-refractivity contribution in [1.82, 2.24) is 39.3 Å². The molecule has 8 heterocycles. The Bertz CT molecular complexity index is 6390. The van der Waals surface area contributed by atoms with Crippen LogP contribution in [0.15, 0.2) is 253 Å². The second kappa shape index (κ2) is 36.0. The fourth-order valence-corrected chi connectivity index (χ4v) is 14.1. The fourth-order valence-electron chi connectivity index (χ4n) is 13.5. The van der Waals surface area contributed by atoms with Crippen LogP contribution in [0.25, 0.3) is 88.7 Å². The summed E-state index contributed by atoms with van der Waals surface area (Å²) < 4.78 is 60.8. The Morgan fingerprint density at radius 1 is 0.707 bits per heavy atom. The average molecular weight is 1630 g/mol. The average Bonchev–Trinajstić information content (AvgIpc) is 1.44. The number of anilines is 1. The van der Waals surface area contributed by atoms with Gasteiger partial charge in [0.15, 0.2) is 68.7 Å². The monoisotopic (exact) mass is 1630 g/mol. The molecule has 2 aliphatic rings. The summed E-state index contributed by atoms with van der Waals surface area (Å²) in [6.45, 7) is 13.6. The topological polar surface area (TPSA) is 248 Å². The van der Waals surface area contributed by atoms with Crippen LogP contribution in [0, 0.1) is 24.0 Å². The van der Waals surface area contributed by atoms with Crippen molar-refractivity contribution in [1.29, 1.82) is 0 Å². The van der Waals surface area contributed by atoms with Crippen molar-refractivity contribution in [2.45, 2.75) is 66.6 Å². The second-order valence-electron chi connectivity index (χ2n) is 27.0. The van der Waals surface area contributed by atoms with Gasteiger partial charge in [0, 0.05) is 110 Å². The van der Waals surface area contributed by atoms with Gasteiger partial charge < -0.3 is 47.7 Å². The van der Waals surface area contributed by atoms with E-state index < -0.39 is 18.4 Å². The number of aromatic amines is 1. The van der Waals surface area contributed by atoms with E-state index in [1.165, 1.54) is 29.7 Å². The number of nitro groups is 1. The fraction of sp³-hybridized carbons (Fsp3) is 0.154. The second-order valence-corrected chi connectivity index (χ2v) is 28.6. The first-order chi connectivity index (χ1) is 57.5. The molecule has 21 nitrogen and oxygen atoms in total. The molecule has 2 N–H and O–H groups in total. The number of nitrogens with zero attached hydrogens (tertiary/aromatic N) is 8. The standard InChI is InChI=1S/C24H25N7.C19H20N2O2.C19H12O2.C16H13NO5.C12H4Cl4O2.CH4/c1-15(2)31-14-28-21-23(26-9-8-17-13-27-20-7-5-4-6-19(17)20)29-22(30-24(21)31)18-10-16(3)11-25-12-18;1-5-11-21-19-13(2)7-6-8-15(19)18(20-21)14-9-10-16(22-3)17(12-14)23-4;20-17-12-18(14-7-2-1-3-8-14)21-19-15-9-5-4-6-13(15)10-11-16(17)19;1-21-16-8-10(6-7-12(16)17(19)20)15-9-13(18)11-4-2-3-5-14(11)22-15;13-5-1-9-10(2-6(5)14)18-12-4-8(16)7(15)3-11(12)17-9;/h4-7,10-15,27H,8-9H2,1-3H3,(H,26,29,30);5-10,12H,1,11H2,2-4H3;1-12H;2-8,15H,9H2,1H3;1-4H;1H4/i;;;;;1TD2. The number of nitro benzene ring substituents is 1. The number of H-pyrrole nitrogens is 1. The quantitative estimate of drug-likeness (QED) is 0.0419. The lowest BCUT2D eigenvalue weighted by atomic mass is 9.96. The lowest BCUT2D eigenvalue weighted by Gasteiger charge is -2.25. The molecule has 25 heteroatoms. The third-order valence-electron chi connectivity index (χ3n) is 19.1. The van der Waals surface area contributed by atoms with E-state index in [4.69, 9.17) is 98.4 Å². The highest BCUT2D eigenvalue weighted by Crippen LogP contribution is 2.50. The molecule has 0 fully saturated rings. The molecule has 0 radical (unpaired) electrons. The summed E-state index contributed by atoms with van der Waals surface area (Å²) in [5, 5.41) is 25.8. The van der Waals surface area contributed by atoms with Gasteiger partial charge in [0.25, 0.3) is 0 Å². The number of fused-ring (bicyclic) bond motifs is 9. The molecule has 0 aliphatic carbocycles. The van der Waals surface area contributed by atoms with Gasteiger partial charge >= 0.3 is 5.69 Å². The summed E-state index contributed by atoms with van der Waals surface area (Å²) >= 11 is 23.7. The number of allylic oxidation sites excluding steroid dienone is 1. The van der Waals surface area contributed by atoms with Crippen LogP contribution < -0.4 is 39.2 Å². The number of methoxy groups -OCH3 is 3. The maximum Gasteiger partial charge on any atom is 0.310 e. The van der Waals surface area contributed by atoms with E-state index in [1.807, 2.05) is 121 Å². The van der Waals surface area contributed by atoms with Crippen molar-refractivity contribution in [3.63, 3.8) is 0 Å². The predicted octanol–water partition coefficient (Wildman–Crippen LogP) is 23.9. The summed E-state index contributed by atoms with van der Waals surface area (Å²) in [5.41, 5.74) is 13.0. The Labute approximate surface area is 691 Å². The number of nitrogens with one attached hydrogen (secondary N) is 2. The first-order valence-electron chi connectivity index (χ1n) is 38.2. The highest BCUT2D eigenvalue weighted by Gasteiger charge is 2.30. The number of Topliss-reactive ketones (excluding diaryl/α,β-unsaturated/α-hetero) is 1. The Morgan fingerprint density at radius 2 is 1.37 bits per heavy atom. The largest absolute Gasteiger partial charge is 0.493 e. The number of ketones is 1. The zero-order valence-corrected chi connectivity index (χ0v) is 66.9. The molecule has 0 saturated carbocycles. The summed E-state index contributed by atoms with van der Waals surface area (Å²) in [6, 6.07) is 63.7. The van der Waals surface area contributed by atoms with Gasteiger partial charge in [-0.25, -0.2) is 15.0 Å². The Kier molecular flexibility index (Phi) is 23.9. The number of ether oxygens (including phenoxy) is 6. The minimum atomic E-state index is -1.42. The molecule has 0 spiro atoms. The molecular formula is C91H78Cl4N10O11. The predicted molar refractivity (Wildman–Crippen MR) is 461 cm³/mol. The number of hydrogen-bond donors (Lipinski definition) is 2. The van der Waals surface area contributed by atoms with Crippen LogP contribution in [-0.4, -0.2) is 77.8 Å². The zero-order chi connectivity index (χ0) is 84.1. The molecule has 1 unspecified atom stereocenters. The third-order valence-corrected chi connectivity index (χ3v) is 20.5. The van der Waals surface area contributed by atoms with Gasteiger partial charge in [-0.3, -0.25) is 29.4 Å². The number of benzene rings is 10. The van der Waals surface area contributed by atoms with Gasteiger partial charge in [0.05, 0.1) is 82.1 Å². The number of hydrogen-bond acceptors (Lipinski definition) is 17. The highest BCUT2D eigenvalue weighted by atomic mass is 35.5. The molecule has 18 rings (SSSR count). The van der Waals surface area contributed by atoms with Crippen LogP contribution >= 0.6 is 46.4 Å². The minimum absolute atomic E-state index is 0.0100. The molecule has 0 amide bonds. The van der Waals surface area contributed by atoms with E-state index in [-0.39, 0.29) is 35.1 Å². The Balaban J connectivity index is 0.000000129. The number of halogens is 4. The number of aromatic nitrogens is 8. The molecular weight excluding hydrogens is 1550 g/mol. The molecule has 116 heavy (non-hydrogen) atoms. The summed E-state index contributed by atoms with van der Waals surface area (Å²) in [6.07, 6.45) is 10.0. The lowest BCUT2D eigenvalue weighted by molar-refractivity contribution is -0.385. The van der Waals surface area contributed by atoms with Crippen LogP contribution in [-0.2, 0) is 13.0 Å². The van der Waals surface area contributed by atoms with E-state index in [9.17, 15) is 19.7 Å².